The Balaban J connectivity index is 3.79. The molecule has 0 aliphatic rings. The maximum absolute atomic E-state index is 10.9. The predicted molar refractivity (Wildman–Crippen MR) is 51.4 cm³/mol. The van der Waals surface area contributed by atoms with Crippen LogP contribution in [0.25, 0.3) is 0 Å². The average molecular weight is 230 g/mol. The Bertz CT molecular complexity index is 184. The Kier molecular flexibility index (Phi) is 7.92. The van der Waals surface area contributed by atoms with E-state index in [0.29, 0.717) is 0 Å². The minimum Gasteiger partial charge on any atom is -0.326 e. The third-order valence-electron chi connectivity index (χ3n) is 1.50. The van der Waals surface area contributed by atoms with Gasteiger partial charge in [0.15, 0.2) is 0 Å². The van der Waals surface area contributed by atoms with Gasteiger partial charge in [0.2, 0.25) is 0 Å². The number of hydrogen-bond acceptors (Lipinski definition) is 4. The van der Waals surface area contributed by atoms with Crippen LogP contribution in [0.2, 0.25) is 0 Å². The summed E-state index contributed by atoms with van der Waals surface area (Å²) >= 11 is 0. The summed E-state index contributed by atoms with van der Waals surface area (Å²) in [7, 11) is -5.93. The molecular weight excluding hydrogens is 214 g/mol. The third-order valence-corrected chi connectivity index (χ3v) is 3.39. The summed E-state index contributed by atoms with van der Waals surface area (Å²) in [5, 5.41) is 0. The normalized spacial score (nSPS) is 18.1. The highest BCUT2D eigenvalue weighted by Crippen LogP contribution is 2.38. The second-order valence-electron chi connectivity index (χ2n) is 2.55. The van der Waals surface area contributed by atoms with Crippen molar-refractivity contribution in [3.05, 3.63) is 0 Å². The molecule has 13 heavy (non-hydrogen) atoms. The standard InChI is InChI=1S/C6H16O5P2/c1-3-5-6(4-2)10-13(9)11-12(7)8/h6,12-13H,3-5H2,1-2H3,(H,7,8). The van der Waals surface area contributed by atoms with Gasteiger partial charge in [-0.25, -0.2) is 4.31 Å². The van der Waals surface area contributed by atoms with E-state index in [1.54, 1.807) is 0 Å². The fraction of sp³-hybridized carbons (Fsp3) is 1.00. The van der Waals surface area contributed by atoms with Gasteiger partial charge < -0.3 is 9.42 Å². The van der Waals surface area contributed by atoms with Crippen molar-refractivity contribution in [1.82, 2.24) is 0 Å². The summed E-state index contributed by atoms with van der Waals surface area (Å²) in [6.07, 6.45) is 2.28. The molecule has 1 N–H and O–H groups in total. The van der Waals surface area contributed by atoms with Crippen LogP contribution in [0.3, 0.4) is 0 Å². The van der Waals surface area contributed by atoms with Crippen LogP contribution < -0.4 is 0 Å². The first-order valence-corrected chi connectivity index (χ1v) is 6.70. The highest BCUT2D eigenvalue weighted by molar-refractivity contribution is 7.47. The van der Waals surface area contributed by atoms with E-state index in [2.05, 4.69) is 4.31 Å². The second kappa shape index (κ2) is 7.72. The molecule has 0 saturated heterocycles. The number of rotatable bonds is 7. The quantitative estimate of drug-likeness (QED) is 0.679. The van der Waals surface area contributed by atoms with Crippen LogP contribution in [0, 0.1) is 0 Å². The van der Waals surface area contributed by atoms with Gasteiger partial charge in [0.25, 0.3) is 0 Å². The van der Waals surface area contributed by atoms with Crippen molar-refractivity contribution in [2.45, 2.75) is 39.2 Å². The molecule has 0 aliphatic carbocycles. The lowest BCUT2D eigenvalue weighted by Crippen LogP contribution is -2.06. The molecule has 80 valence electrons. The van der Waals surface area contributed by atoms with Crippen molar-refractivity contribution in [1.29, 1.82) is 0 Å². The minimum atomic E-state index is -3.14. The Morgan fingerprint density at radius 3 is 2.38 bits per heavy atom. The molecule has 0 spiro atoms. The van der Waals surface area contributed by atoms with Crippen molar-refractivity contribution >= 4 is 16.5 Å². The molecule has 0 aromatic carbocycles. The van der Waals surface area contributed by atoms with Crippen LogP contribution in [-0.2, 0) is 18.0 Å². The lowest BCUT2D eigenvalue weighted by molar-refractivity contribution is 0.176. The van der Waals surface area contributed by atoms with Crippen LogP contribution in [0.1, 0.15) is 33.1 Å². The lowest BCUT2D eigenvalue weighted by Gasteiger charge is -2.13. The SMILES string of the molecule is CCCC(CC)O[PH](=O)O[PH](=O)O. The van der Waals surface area contributed by atoms with Gasteiger partial charge in [-0.05, 0) is 12.8 Å². The van der Waals surface area contributed by atoms with E-state index in [9.17, 15) is 9.13 Å². The second-order valence-corrected chi connectivity index (χ2v) is 4.64. The lowest BCUT2D eigenvalue weighted by atomic mass is 10.2. The molecule has 0 rings (SSSR count). The van der Waals surface area contributed by atoms with Crippen LogP contribution in [0.15, 0.2) is 0 Å². The molecule has 0 fully saturated rings. The van der Waals surface area contributed by atoms with Crippen molar-refractivity contribution in [3.63, 3.8) is 0 Å². The van der Waals surface area contributed by atoms with Crippen LogP contribution in [0.4, 0.5) is 0 Å². The summed E-state index contributed by atoms with van der Waals surface area (Å²) in [6, 6.07) is 0. The van der Waals surface area contributed by atoms with Gasteiger partial charge in [0.05, 0.1) is 6.10 Å². The van der Waals surface area contributed by atoms with Gasteiger partial charge >= 0.3 is 16.5 Å². The first-order chi connectivity index (χ1) is 6.10. The van der Waals surface area contributed by atoms with Crippen molar-refractivity contribution < 1.29 is 22.9 Å². The van der Waals surface area contributed by atoms with E-state index in [1.807, 2.05) is 13.8 Å². The first kappa shape index (κ1) is 13.3. The Hall–Kier alpha value is 0.340. The van der Waals surface area contributed by atoms with Crippen molar-refractivity contribution in [3.8, 4) is 0 Å². The van der Waals surface area contributed by atoms with Gasteiger partial charge in [0.1, 0.15) is 0 Å². The maximum Gasteiger partial charge on any atom is 0.326 e. The molecule has 0 saturated carbocycles. The van der Waals surface area contributed by atoms with E-state index >= 15 is 0 Å². The largest absolute Gasteiger partial charge is 0.326 e. The van der Waals surface area contributed by atoms with E-state index in [-0.39, 0.29) is 6.10 Å². The third kappa shape index (κ3) is 7.41. The van der Waals surface area contributed by atoms with Gasteiger partial charge in [-0.15, -0.1) is 0 Å². The predicted octanol–water partition coefficient (Wildman–Crippen LogP) is 2.37. The summed E-state index contributed by atoms with van der Waals surface area (Å²) in [5.41, 5.74) is 0. The monoisotopic (exact) mass is 230 g/mol. The van der Waals surface area contributed by atoms with E-state index in [1.165, 1.54) is 0 Å². The van der Waals surface area contributed by atoms with Crippen LogP contribution in [0.5, 0.6) is 0 Å². The average Bonchev–Trinajstić information content (AvgIpc) is 2.02. The smallest absolute Gasteiger partial charge is 0.326 e. The van der Waals surface area contributed by atoms with Crippen molar-refractivity contribution in [2.75, 3.05) is 0 Å². The molecule has 0 radical (unpaired) electrons. The molecule has 7 heteroatoms. The molecular formula is C6H16O5P2. The number of hydrogen-bond donors (Lipinski definition) is 1. The van der Waals surface area contributed by atoms with E-state index in [0.717, 1.165) is 19.3 Å². The van der Waals surface area contributed by atoms with Gasteiger partial charge in [-0.2, -0.15) is 0 Å². The van der Waals surface area contributed by atoms with Gasteiger partial charge in [0, 0.05) is 0 Å². The van der Waals surface area contributed by atoms with Gasteiger partial charge in [-0.1, -0.05) is 20.3 Å². The molecule has 3 unspecified atom stereocenters. The van der Waals surface area contributed by atoms with E-state index < -0.39 is 16.5 Å². The molecule has 0 aromatic rings. The molecule has 3 atom stereocenters. The fourth-order valence-electron chi connectivity index (χ4n) is 0.900. The molecule has 0 bridgehead atoms. The highest BCUT2D eigenvalue weighted by atomic mass is 31.2. The zero-order valence-corrected chi connectivity index (χ0v) is 9.78. The summed E-state index contributed by atoms with van der Waals surface area (Å²) in [4.78, 5) is 8.31. The molecule has 0 heterocycles. The van der Waals surface area contributed by atoms with Crippen LogP contribution in [-0.4, -0.2) is 11.0 Å². The van der Waals surface area contributed by atoms with Crippen molar-refractivity contribution in [2.24, 2.45) is 0 Å². The Morgan fingerprint density at radius 1 is 1.38 bits per heavy atom. The Morgan fingerprint density at radius 2 is 2.00 bits per heavy atom. The van der Waals surface area contributed by atoms with E-state index in [4.69, 9.17) is 9.42 Å². The topological polar surface area (TPSA) is 72.8 Å². The summed E-state index contributed by atoms with van der Waals surface area (Å²) in [6.45, 7) is 3.89. The van der Waals surface area contributed by atoms with Gasteiger partial charge in [-0.3, -0.25) is 9.13 Å². The zero-order chi connectivity index (χ0) is 10.3. The summed E-state index contributed by atoms with van der Waals surface area (Å²) < 4.78 is 30.1. The molecule has 0 aliphatic heterocycles. The highest BCUT2D eigenvalue weighted by Gasteiger charge is 2.11. The van der Waals surface area contributed by atoms with Crippen LogP contribution >= 0.6 is 16.5 Å². The summed E-state index contributed by atoms with van der Waals surface area (Å²) in [5.74, 6) is 0. The molecule has 0 aromatic heterocycles. The molecule has 5 nitrogen and oxygen atoms in total. The fourth-order valence-corrected chi connectivity index (χ4v) is 2.22. The first-order valence-electron chi connectivity index (χ1n) is 4.21. The zero-order valence-electron chi connectivity index (χ0n) is 7.78. The Labute approximate surface area is 79.3 Å². The maximum atomic E-state index is 10.9. The minimum absolute atomic E-state index is 0.141. The molecule has 0 amide bonds.